The number of carbonyl (C=O) groups excluding carboxylic acids is 1. The number of carbonyl (C=O) groups is 1. The first-order valence-corrected chi connectivity index (χ1v) is 7.88. The fourth-order valence-corrected chi connectivity index (χ4v) is 2.71. The molecule has 0 aromatic carbocycles. The molecule has 2 aliphatic heterocycles. The van der Waals surface area contributed by atoms with Gasteiger partial charge < -0.3 is 24.2 Å². The molecule has 8 heteroatoms. The Bertz CT molecular complexity index is 548. The van der Waals surface area contributed by atoms with Gasteiger partial charge in [0.25, 0.3) is 5.91 Å². The summed E-state index contributed by atoms with van der Waals surface area (Å²) in [6.45, 7) is 4.11. The summed E-state index contributed by atoms with van der Waals surface area (Å²) in [5.74, 6) is 1.51. The van der Waals surface area contributed by atoms with Crippen LogP contribution in [0, 0.1) is 0 Å². The third kappa shape index (κ3) is 3.70. The molecule has 0 bridgehead atoms. The minimum absolute atomic E-state index is 0.0294. The van der Waals surface area contributed by atoms with Crippen LogP contribution in [0.1, 0.15) is 0 Å². The van der Waals surface area contributed by atoms with Crippen LogP contribution in [0.5, 0.6) is 0 Å². The summed E-state index contributed by atoms with van der Waals surface area (Å²) in [6, 6.07) is 1.86. The number of anilines is 2. The molecule has 0 aliphatic carbocycles. The number of rotatable bonds is 3. The van der Waals surface area contributed by atoms with Crippen molar-refractivity contribution in [3.05, 3.63) is 12.3 Å². The second-order valence-electron chi connectivity index (χ2n) is 5.85. The third-order valence-corrected chi connectivity index (χ3v) is 4.03. The lowest BCUT2D eigenvalue weighted by atomic mass is 10.2. The Morgan fingerprint density at radius 3 is 2.78 bits per heavy atom. The Kier molecular flexibility index (Phi) is 4.92. The van der Waals surface area contributed by atoms with Crippen molar-refractivity contribution in [2.45, 2.75) is 6.10 Å². The van der Waals surface area contributed by atoms with Gasteiger partial charge in [-0.2, -0.15) is 4.98 Å². The van der Waals surface area contributed by atoms with Crippen molar-refractivity contribution < 1.29 is 14.3 Å². The summed E-state index contributed by atoms with van der Waals surface area (Å²) in [6.07, 6.45) is 1.28. The Hall–Kier alpha value is -1.93. The number of morpholine rings is 2. The Morgan fingerprint density at radius 2 is 2.04 bits per heavy atom. The highest BCUT2D eigenvalue weighted by Crippen LogP contribution is 2.17. The van der Waals surface area contributed by atoms with Crippen molar-refractivity contribution in [2.24, 2.45) is 0 Å². The number of nitrogens with zero attached hydrogens (tertiary/aromatic N) is 5. The number of hydrogen-bond donors (Lipinski definition) is 0. The van der Waals surface area contributed by atoms with Crippen LogP contribution in [-0.4, -0.2) is 87.0 Å². The molecule has 1 aromatic rings. The fourth-order valence-electron chi connectivity index (χ4n) is 2.71. The number of hydrogen-bond acceptors (Lipinski definition) is 7. The highest BCUT2D eigenvalue weighted by molar-refractivity contribution is 5.82. The SMILES string of the molecule is CN(C)c1ccnc(N2CCOC(C(=O)N3CCOCC3)C2)n1. The first-order chi connectivity index (χ1) is 11.1. The zero-order chi connectivity index (χ0) is 16.2. The van der Waals surface area contributed by atoms with Crippen LogP contribution >= 0.6 is 0 Å². The van der Waals surface area contributed by atoms with Gasteiger partial charge in [-0.05, 0) is 6.07 Å². The summed E-state index contributed by atoms with van der Waals surface area (Å²) in [4.78, 5) is 27.2. The van der Waals surface area contributed by atoms with E-state index in [0.717, 1.165) is 5.82 Å². The molecule has 1 atom stereocenters. The Balaban J connectivity index is 1.68. The van der Waals surface area contributed by atoms with E-state index in [1.165, 1.54) is 0 Å². The maximum atomic E-state index is 12.6. The molecular formula is C15H23N5O3. The first-order valence-electron chi connectivity index (χ1n) is 7.88. The van der Waals surface area contributed by atoms with Gasteiger partial charge in [0.1, 0.15) is 5.82 Å². The highest BCUT2D eigenvalue weighted by Gasteiger charge is 2.32. The van der Waals surface area contributed by atoms with Gasteiger partial charge in [-0.1, -0.05) is 0 Å². The molecule has 0 N–H and O–H groups in total. The standard InChI is InChI=1S/C15H23N5O3/c1-18(2)13-3-4-16-15(17-13)20-7-10-23-12(11-20)14(21)19-5-8-22-9-6-19/h3-4,12H,5-11H2,1-2H3. The number of amides is 1. The van der Waals surface area contributed by atoms with Gasteiger partial charge >= 0.3 is 0 Å². The average Bonchev–Trinajstić information content (AvgIpc) is 2.62. The third-order valence-electron chi connectivity index (χ3n) is 4.03. The second-order valence-corrected chi connectivity index (χ2v) is 5.85. The minimum atomic E-state index is -0.464. The Morgan fingerprint density at radius 1 is 1.26 bits per heavy atom. The van der Waals surface area contributed by atoms with Gasteiger partial charge in [0.2, 0.25) is 5.95 Å². The molecule has 1 amide bonds. The smallest absolute Gasteiger partial charge is 0.253 e. The quantitative estimate of drug-likeness (QED) is 0.750. The molecule has 3 heterocycles. The van der Waals surface area contributed by atoms with E-state index in [1.807, 2.05) is 34.9 Å². The van der Waals surface area contributed by atoms with Crippen molar-refractivity contribution in [3.8, 4) is 0 Å². The highest BCUT2D eigenvalue weighted by atomic mass is 16.5. The van der Waals surface area contributed by atoms with E-state index in [9.17, 15) is 4.79 Å². The van der Waals surface area contributed by atoms with Crippen molar-refractivity contribution in [2.75, 3.05) is 69.9 Å². The van der Waals surface area contributed by atoms with Crippen molar-refractivity contribution in [1.29, 1.82) is 0 Å². The molecular weight excluding hydrogens is 298 g/mol. The topological polar surface area (TPSA) is 71.0 Å². The van der Waals surface area contributed by atoms with Crippen molar-refractivity contribution in [3.63, 3.8) is 0 Å². The molecule has 1 aromatic heterocycles. The molecule has 8 nitrogen and oxygen atoms in total. The van der Waals surface area contributed by atoms with E-state index >= 15 is 0 Å². The van der Waals surface area contributed by atoms with E-state index in [0.29, 0.717) is 51.9 Å². The van der Waals surface area contributed by atoms with Crippen LogP contribution in [0.25, 0.3) is 0 Å². The molecule has 3 rings (SSSR count). The second kappa shape index (κ2) is 7.10. The first kappa shape index (κ1) is 15.9. The molecule has 0 saturated carbocycles. The monoisotopic (exact) mass is 321 g/mol. The zero-order valence-electron chi connectivity index (χ0n) is 13.6. The van der Waals surface area contributed by atoms with Crippen LogP contribution < -0.4 is 9.80 Å². The predicted octanol–water partition coefficient (Wildman–Crippen LogP) is -0.393. The maximum Gasteiger partial charge on any atom is 0.253 e. The van der Waals surface area contributed by atoms with Crippen LogP contribution in [-0.2, 0) is 14.3 Å². The van der Waals surface area contributed by atoms with Gasteiger partial charge in [-0.3, -0.25) is 4.79 Å². The summed E-state index contributed by atoms with van der Waals surface area (Å²) < 4.78 is 11.0. The fraction of sp³-hybridized carbons (Fsp3) is 0.667. The summed E-state index contributed by atoms with van der Waals surface area (Å²) >= 11 is 0. The summed E-state index contributed by atoms with van der Waals surface area (Å²) in [5, 5.41) is 0. The lowest BCUT2D eigenvalue weighted by Crippen LogP contribution is -2.53. The lowest BCUT2D eigenvalue weighted by molar-refractivity contribution is -0.148. The molecule has 2 aliphatic rings. The normalized spacial score (nSPS) is 22.1. The van der Waals surface area contributed by atoms with E-state index in [-0.39, 0.29) is 5.91 Å². The van der Waals surface area contributed by atoms with Gasteiger partial charge in [-0.25, -0.2) is 4.98 Å². The molecule has 2 saturated heterocycles. The molecule has 1 unspecified atom stereocenters. The van der Waals surface area contributed by atoms with E-state index < -0.39 is 6.10 Å². The number of ether oxygens (including phenoxy) is 2. The average molecular weight is 321 g/mol. The summed E-state index contributed by atoms with van der Waals surface area (Å²) in [7, 11) is 3.88. The summed E-state index contributed by atoms with van der Waals surface area (Å²) in [5.41, 5.74) is 0. The van der Waals surface area contributed by atoms with Gasteiger partial charge in [-0.15, -0.1) is 0 Å². The largest absolute Gasteiger partial charge is 0.378 e. The lowest BCUT2D eigenvalue weighted by Gasteiger charge is -2.36. The van der Waals surface area contributed by atoms with Gasteiger partial charge in [0, 0.05) is 39.9 Å². The van der Waals surface area contributed by atoms with E-state index in [1.54, 1.807) is 6.20 Å². The van der Waals surface area contributed by atoms with Crippen LogP contribution in [0.15, 0.2) is 12.3 Å². The van der Waals surface area contributed by atoms with Gasteiger partial charge in [0.05, 0.1) is 26.4 Å². The van der Waals surface area contributed by atoms with Gasteiger partial charge in [0.15, 0.2) is 6.10 Å². The van der Waals surface area contributed by atoms with Crippen molar-refractivity contribution >= 4 is 17.7 Å². The Labute approximate surface area is 136 Å². The van der Waals surface area contributed by atoms with Crippen molar-refractivity contribution in [1.82, 2.24) is 14.9 Å². The van der Waals surface area contributed by atoms with E-state index in [2.05, 4.69) is 9.97 Å². The minimum Gasteiger partial charge on any atom is -0.378 e. The zero-order valence-corrected chi connectivity index (χ0v) is 13.6. The molecule has 0 spiro atoms. The molecule has 23 heavy (non-hydrogen) atoms. The number of aromatic nitrogens is 2. The van der Waals surface area contributed by atoms with Crippen LogP contribution in [0.2, 0.25) is 0 Å². The molecule has 0 radical (unpaired) electrons. The molecule has 2 fully saturated rings. The van der Waals surface area contributed by atoms with E-state index in [4.69, 9.17) is 9.47 Å². The molecule has 126 valence electrons. The van der Waals surface area contributed by atoms with Crippen LogP contribution in [0.3, 0.4) is 0 Å². The predicted molar refractivity (Wildman–Crippen MR) is 85.7 cm³/mol. The van der Waals surface area contributed by atoms with Crippen LogP contribution in [0.4, 0.5) is 11.8 Å². The maximum absolute atomic E-state index is 12.6.